The Hall–Kier alpha value is -1.88. The minimum atomic E-state index is -1.27. The number of hydrogen-bond donors (Lipinski definition) is 3. The van der Waals surface area contributed by atoms with Crippen LogP contribution in [0.5, 0.6) is 0 Å². The zero-order valence-electron chi connectivity index (χ0n) is 8.67. The number of amides is 1. The van der Waals surface area contributed by atoms with E-state index < -0.39 is 23.8 Å². The lowest BCUT2D eigenvalue weighted by Gasteiger charge is -2.17. The molecule has 16 heavy (non-hydrogen) atoms. The normalized spacial score (nSPS) is 14.1. The molecule has 0 bridgehead atoms. The molecule has 5 nitrogen and oxygen atoms in total. The maximum Gasteiger partial charge on any atom is 0.321 e. The first-order valence-electron chi connectivity index (χ1n) is 4.84. The van der Waals surface area contributed by atoms with Gasteiger partial charge in [0.1, 0.15) is 6.04 Å². The van der Waals surface area contributed by atoms with E-state index in [1.807, 2.05) is 6.07 Å². The van der Waals surface area contributed by atoms with Gasteiger partial charge in [0.25, 0.3) is 0 Å². The van der Waals surface area contributed by atoms with Crippen molar-refractivity contribution in [2.45, 2.75) is 12.5 Å². The third kappa shape index (κ3) is 3.06. The van der Waals surface area contributed by atoms with Gasteiger partial charge in [-0.25, -0.2) is 0 Å². The number of rotatable bonds is 5. The molecule has 0 spiro atoms. The molecule has 0 aliphatic rings. The molecule has 0 fully saturated rings. The number of primary amides is 1. The Morgan fingerprint density at radius 2 is 1.81 bits per heavy atom. The first kappa shape index (κ1) is 12.2. The van der Waals surface area contributed by atoms with Crippen LogP contribution in [0.1, 0.15) is 5.56 Å². The van der Waals surface area contributed by atoms with E-state index in [0.29, 0.717) is 0 Å². The number of carboxylic acid groups (broad SMARTS) is 1. The van der Waals surface area contributed by atoms with Crippen molar-refractivity contribution < 1.29 is 14.7 Å². The number of carbonyl (C=O) groups is 2. The van der Waals surface area contributed by atoms with Crippen LogP contribution < -0.4 is 11.5 Å². The third-order valence-electron chi connectivity index (χ3n) is 2.38. The lowest BCUT2D eigenvalue weighted by Crippen LogP contribution is -2.45. The summed E-state index contributed by atoms with van der Waals surface area (Å²) in [6.45, 7) is 0. The molecule has 0 saturated heterocycles. The molecule has 0 heterocycles. The quantitative estimate of drug-likeness (QED) is 0.638. The third-order valence-corrected chi connectivity index (χ3v) is 2.38. The molecule has 0 aromatic heterocycles. The standard InChI is InChI=1S/C11H14N2O3/c12-9(11(15)16)8(10(13)14)6-7-4-2-1-3-5-7/h1-5,8-9H,6,12H2,(H2,13,14)(H,15,16)/t8?,9-/m0/s1. The summed E-state index contributed by atoms with van der Waals surface area (Å²) in [5.41, 5.74) is 11.4. The first-order chi connectivity index (χ1) is 7.52. The molecule has 5 heteroatoms. The van der Waals surface area contributed by atoms with Crippen molar-refractivity contribution in [3.05, 3.63) is 35.9 Å². The Kier molecular flexibility index (Phi) is 4.02. The van der Waals surface area contributed by atoms with Crippen molar-refractivity contribution in [2.75, 3.05) is 0 Å². The Bertz CT molecular complexity index is 378. The smallest absolute Gasteiger partial charge is 0.321 e. The van der Waals surface area contributed by atoms with E-state index >= 15 is 0 Å². The highest BCUT2D eigenvalue weighted by Gasteiger charge is 2.28. The van der Waals surface area contributed by atoms with Gasteiger partial charge in [-0.1, -0.05) is 30.3 Å². The van der Waals surface area contributed by atoms with Crippen molar-refractivity contribution in [2.24, 2.45) is 17.4 Å². The van der Waals surface area contributed by atoms with Crippen LogP contribution >= 0.6 is 0 Å². The molecule has 1 aromatic carbocycles. The maximum atomic E-state index is 11.1. The molecule has 0 aliphatic heterocycles. The van der Waals surface area contributed by atoms with Crippen LogP contribution in [0.2, 0.25) is 0 Å². The van der Waals surface area contributed by atoms with Crippen molar-refractivity contribution in [3.63, 3.8) is 0 Å². The highest BCUT2D eigenvalue weighted by molar-refractivity contribution is 5.85. The van der Waals surface area contributed by atoms with Crippen molar-refractivity contribution in [1.29, 1.82) is 0 Å². The average molecular weight is 222 g/mol. The number of carbonyl (C=O) groups excluding carboxylic acids is 1. The molecule has 1 amide bonds. The number of aliphatic carboxylic acids is 1. The molecule has 2 atom stereocenters. The molecule has 1 unspecified atom stereocenters. The summed E-state index contributed by atoms with van der Waals surface area (Å²) in [4.78, 5) is 21.8. The number of nitrogens with two attached hydrogens (primary N) is 2. The van der Waals surface area contributed by atoms with E-state index in [1.54, 1.807) is 24.3 Å². The molecule has 0 radical (unpaired) electrons. The molecular weight excluding hydrogens is 208 g/mol. The molecule has 1 aromatic rings. The Morgan fingerprint density at radius 1 is 1.25 bits per heavy atom. The topological polar surface area (TPSA) is 106 Å². The van der Waals surface area contributed by atoms with Gasteiger partial charge in [0.05, 0.1) is 5.92 Å². The van der Waals surface area contributed by atoms with Crippen LogP contribution in [-0.2, 0) is 16.0 Å². The van der Waals surface area contributed by atoms with Gasteiger partial charge in [-0.05, 0) is 12.0 Å². The summed E-state index contributed by atoms with van der Waals surface area (Å²) in [6.07, 6.45) is 0.240. The van der Waals surface area contributed by atoms with E-state index in [9.17, 15) is 9.59 Å². The van der Waals surface area contributed by atoms with Crippen molar-refractivity contribution in [3.8, 4) is 0 Å². The van der Waals surface area contributed by atoms with Crippen LogP contribution in [0.15, 0.2) is 30.3 Å². The number of hydrogen-bond acceptors (Lipinski definition) is 3. The first-order valence-corrected chi connectivity index (χ1v) is 4.84. The highest BCUT2D eigenvalue weighted by atomic mass is 16.4. The lowest BCUT2D eigenvalue weighted by molar-refractivity contribution is -0.142. The second kappa shape index (κ2) is 5.27. The van der Waals surface area contributed by atoms with Crippen LogP contribution in [0, 0.1) is 5.92 Å². The number of carboxylic acids is 1. The zero-order valence-corrected chi connectivity index (χ0v) is 8.67. The van der Waals surface area contributed by atoms with Gasteiger partial charge in [0, 0.05) is 0 Å². The van der Waals surface area contributed by atoms with Crippen LogP contribution in [0.3, 0.4) is 0 Å². The van der Waals surface area contributed by atoms with Gasteiger partial charge < -0.3 is 16.6 Å². The Labute approximate surface area is 93.1 Å². The van der Waals surface area contributed by atoms with Gasteiger partial charge >= 0.3 is 5.97 Å². The lowest BCUT2D eigenvalue weighted by atomic mass is 9.92. The minimum Gasteiger partial charge on any atom is -0.480 e. The Balaban J connectivity index is 2.81. The van der Waals surface area contributed by atoms with Crippen LogP contribution in [-0.4, -0.2) is 23.0 Å². The average Bonchev–Trinajstić information content (AvgIpc) is 2.26. The Morgan fingerprint density at radius 3 is 2.25 bits per heavy atom. The van der Waals surface area contributed by atoms with Gasteiger partial charge in [0.2, 0.25) is 5.91 Å². The summed E-state index contributed by atoms with van der Waals surface area (Å²) in [7, 11) is 0. The number of benzene rings is 1. The zero-order chi connectivity index (χ0) is 12.1. The van der Waals surface area contributed by atoms with E-state index in [-0.39, 0.29) is 6.42 Å². The summed E-state index contributed by atoms with van der Waals surface area (Å²) >= 11 is 0. The second-order valence-electron chi connectivity index (χ2n) is 3.56. The summed E-state index contributed by atoms with van der Waals surface area (Å²) < 4.78 is 0. The fourth-order valence-electron chi connectivity index (χ4n) is 1.44. The minimum absolute atomic E-state index is 0.240. The summed E-state index contributed by atoms with van der Waals surface area (Å²) in [5, 5.41) is 8.75. The largest absolute Gasteiger partial charge is 0.480 e. The fourth-order valence-corrected chi connectivity index (χ4v) is 1.44. The van der Waals surface area contributed by atoms with E-state index in [1.165, 1.54) is 0 Å². The van der Waals surface area contributed by atoms with E-state index in [2.05, 4.69) is 0 Å². The molecule has 5 N–H and O–H groups in total. The monoisotopic (exact) mass is 222 g/mol. The molecule has 86 valence electrons. The predicted molar refractivity (Wildman–Crippen MR) is 58.4 cm³/mol. The van der Waals surface area contributed by atoms with Crippen LogP contribution in [0.4, 0.5) is 0 Å². The molecular formula is C11H14N2O3. The van der Waals surface area contributed by atoms with Crippen LogP contribution in [0.25, 0.3) is 0 Å². The second-order valence-corrected chi connectivity index (χ2v) is 3.56. The molecule has 1 rings (SSSR count). The fraction of sp³-hybridized carbons (Fsp3) is 0.273. The maximum absolute atomic E-state index is 11.1. The molecule has 0 saturated carbocycles. The summed E-state index contributed by atoms with van der Waals surface area (Å²) in [6, 6.07) is 7.77. The van der Waals surface area contributed by atoms with E-state index in [0.717, 1.165) is 5.56 Å². The van der Waals surface area contributed by atoms with Gasteiger partial charge in [-0.15, -0.1) is 0 Å². The van der Waals surface area contributed by atoms with Gasteiger partial charge in [-0.3, -0.25) is 9.59 Å². The SMILES string of the molecule is NC(=O)C(Cc1ccccc1)[C@H](N)C(=O)O. The van der Waals surface area contributed by atoms with E-state index in [4.69, 9.17) is 16.6 Å². The van der Waals surface area contributed by atoms with Crippen molar-refractivity contribution in [1.82, 2.24) is 0 Å². The summed E-state index contributed by atoms with van der Waals surface area (Å²) in [5.74, 6) is -2.81. The highest BCUT2D eigenvalue weighted by Crippen LogP contribution is 2.11. The molecule has 0 aliphatic carbocycles. The van der Waals surface area contributed by atoms with Gasteiger partial charge in [-0.2, -0.15) is 0 Å². The van der Waals surface area contributed by atoms with Crippen molar-refractivity contribution >= 4 is 11.9 Å². The predicted octanol–water partition coefficient (Wildman–Crippen LogP) is -0.258. The van der Waals surface area contributed by atoms with Gasteiger partial charge in [0.15, 0.2) is 0 Å².